The van der Waals surface area contributed by atoms with Crippen molar-refractivity contribution in [3.8, 4) is 28.7 Å². The quantitative estimate of drug-likeness (QED) is 0.472. The van der Waals surface area contributed by atoms with Gasteiger partial charge in [0.15, 0.2) is 0 Å². The summed E-state index contributed by atoms with van der Waals surface area (Å²) in [7, 11) is 0. The molecule has 3 aromatic heterocycles. The number of nitrogens with zero attached hydrogens (tertiary/aromatic N) is 7. The standard InChI is InChI=1S/C24H18N8/c1-15-17(12-25)6-4-7-19(15)21-11-22(29-24(26)28-21)23-14-32(31-30-23)13-18-10-9-16-5-2-3-8-20(16)27-18/h2-11,14H,13H2,1H3,(H2,26,28,29). The summed E-state index contributed by atoms with van der Waals surface area (Å²) in [6.45, 7) is 2.37. The second-order valence-corrected chi connectivity index (χ2v) is 7.38. The zero-order chi connectivity index (χ0) is 22.1. The van der Waals surface area contributed by atoms with Crippen LogP contribution in [0.2, 0.25) is 0 Å². The topological polar surface area (TPSA) is 119 Å². The molecule has 0 aliphatic rings. The molecule has 0 unspecified atom stereocenters. The normalized spacial score (nSPS) is 10.9. The molecule has 0 saturated carbocycles. The van der Waals surface area contributed by atoms with Crippen LogP contribution in [-0.2, 0) is 6.54 Å². The molecule has 5 rings (SSSR count). The van der Waals surface area contributed by atoms with Gasteiger partial charge >= 0.3 is 0 Å². The van der Waals surface area contributed by atoms with Gasteiger partial charge in [-0.1, -0.05) is 41.6 Å². The molecule has 2 N–H and O–H groups in total. The van der Waals surface area contributed by atoms with Gasteiger partial charge in [-0.15, -0.1) is 5.10 Å². The van der Waals surface area contributed by atoms with Gasteiger partial charge < -0.3 is 5.73 Å². The number of nitriles is 1. The van der Waals surface area contributed by atoms with E-state index in [4.69, 9.17) is 5.73 Å². The molecule has 5 aromatic rings. The summed E-state index contributed by atoms with van der Waals surface area (Å²) in [5, 5.41) is 18.9. The largest absolute Gasteiger partial charge is 0.368 e. The van der Waals surface area contributed by atoms with Gasteiger partial charge in [0.05, 0.1) is 47.0 Å². The maximum atomic E-state index is 9.33. The molecular weight excluding hydrogens is 400 g/mol. The van der Waals surface area contributed by atoms with Crippen molar-refractivity contribution in [1.82, 2.24) is 29.9 Å². The lowest BCUT2D eigenvalue weighted by Gasteiger charge is -2.08. The van der Waals surface area contributed by atoms with E-state index >= 15 is 0 Å². The molecule has 0 amide bonds. The van der Waals surface area contributed by atoms with Crippen LogP contribution < -0.4 is 5.73 Å². The summed E-state index contributed by atoms with van der Waals surface area (Å²) < 4.78 is 1.71. The Hall–Kier alpha value is -4.64. The third kappa shape index (κ3) is 3.63. The fraction of sp³-hybridized carbons (Fsp3) is 0.0833. The number of benzene rings is 2. The first-order valence-electron chi connectivity index (χ1n) is 10.0. The minimum absolute atomic E-state index is 0.130. The van der Waals surface area contributed by atoms with E-state index in [1.807, 2.05) is 61.5 Å². The smallest absolute Gasteiger partial charge is 0.221 e. The van der Waals surface area contributed by atoms with Crippen LogP contribution in [0.25, 0.3) is 33.5 Å². The average Bonchev–Trinajstić information content (AvgIpc) is 3.27. The van der Waals surface area contributed by atoms with E-state index in [-0.39, 0.29) is 5.95 Å². The van der Waals surface area contributed by atoms with Gasteiger partial charge in [-0.3, -0.25) is 4.98 Å². The zero-order valence-electron chi connectivity index (χ0n) is 17.3. The highest BCUT2D eigenvalue weighted by Crippen LogP contribution is 2.27. The Labute approximate surface area is 184 Å². The summed E-state index contributed by atoms with van der Waals surface area (Å²) in [5.41, 5.74) is 11.8. The van der Waals surface area contributed by atoms with Crippen molar-refractivity contribution in [2.75, 3.05) is 5.73 Å². The van der Waals surface area contributed by atoms with Crippen LogP contribution in [0.15, 0.2) is 66.9 Å². The summed E-state index contributed by atoms with van der Waals surface area (Å²) in [6, 6.07) is 21.5. The van der Waals surface area contributed by atoms with E-state index in [9.17, 15) is 5.26 Å². The highest BCUT2D eigenvalue weighted by Gasteiger charge is 2.13. The third-order valence-electron chi connectivity index (χ3n) is 5.25. The molecule has 32 heavy (non-hydrogen) atoms. The third-order valence-corrected chi connectivity index (χ3v) is 5.25. The predicted molar refractivity (Wildman–Crippen MR) is 121 cm³/mol. The van der Waals surface area contributed by atoms with E-state index in [0.29, 0.717) is 29.2 Å². The van der Waals surface area contributed by atoms with Crippen molar-refractivity contribution < 1.29 is 0 Å². The number of nitrogen functional groups attached to an aromatic ring is 1. The Morgan fingerprint density at radius 2 is 1.78 bits per heavy atom. The van der Waals surface area contributed by atoms with E-state index in [2.05, 4.69) is 31.3 Å². The molecule has 8 heteroatoms. The van der Waals surface area contributed by atoms with Crippen LogP contribution in [-0.4, -0.2) is 29.9 Å². The number of rotatable bonds is 4. The van der Waals surface area contributed by atoms with Crippen LogP contribution in [0.5, 0.6) is 0 Å². The molecule has 0 radical (unpaired) electrons. The maximum Gasteiger partial charge on any atom is 0.221 e. The number of aromatic nitrogens is 6. The summed E-state index contributed by atoms with van der Waals surface area (Å²) in [6.07, 6.45) is 1.81. The molecular formula is C24H18N8. The Kier molecular flexibility index (Phi) is 4.76. The number of hydrogen-bond acceptors (Lipinski definition) is 7. The molecule has 0 aliphatic heterocycles. The molecule has 0 atom stereocenters. The first kappa shape index (κ1) is 19.3. The van der Waals surface area contributed by atoms with Crippen LogP contribution in [0.3, 0.4) is 0 Å². The summed E-state index contributed by atoms with van der Waals surface area (Å²) in [4.78, 5) is 13.4. The monoisotopic (exact) mass is 418 g/mol. The van der Waals surface area contributed by atoms with E-state index in [0.717, 1.165) is 27.7 Å². The molecule has 154 valence electrons. The van der Waals surface area contributed by atoms with Crippen molar-refractivity contribution in [3.63, 3.8) is 0 Å². The highest BCUT2D eigenvalue weighted by molar-refractivity contribution is 5.78. The molecule has 0 fully saturated rings. The molecule has 8 nitrogen and oxygen atoms in total. The summed E-state index contributed by atoms with van der Waals surface area (Å²) >= 11 is 0. The molecule has 2 aromatic carbocycles. The molecule has 0 saturated heterocycles. The fourth-order valence-electron chi connectivity index (χ4n) is 3.62. The Balaban J connectivity index is 1.47. The van der Waals surface area contributed by atoms with Crippen molar-refractivity contribution in [2.24, 2.45) is 0 Å². The molecule has 0 aliphatic carbocycles. The first-order valence-corrected chi connectivity index (χ1v) is 10.0. The molecule has 3 heterocycles. The van der Waals surface area contributed by atoms with Crippen LogP contribution in [0.4, 0.5) is 5.95 Å². The van der Waals surface area contributed by atoms with Crippen molar-refractivity contribution >= 4 is 16.9 Å². The minimum atomic E-state index is 0.130. The van der Waals surface area contributed by atoms with Gasteiger partial charge in [0, 0.05) is 10.9 Å². The predicted octanol–water partition coefficient (Wildman–Crippen LogP) is 3.76. The number of pyridine rings is 1. The van der Waals surface area contributed by atoms with Crippen molar-refractivity contribution in [1.29, 1.82) is 5.26 Å². The number of fused-ring (bicyclic) bond motifs is 1. The van der Waals surface area contributed by atoms with Gasteiger partial charge in [0.25, 0.3) is 0 Å². The van der Waals surface area contributed by atoms with Gasteiger partial charge in [0.1, 0.15) is 5.69 Å². The van der Waals surface area contributed by atoms with Crippen LogP contribution >= 0.6 is 0 Å². The number of anilines is 1. The van der Waals surface area contributed by atoms with Gasteiger partial charge in [-0.25, -0.2) is 14.6 Å². The van der Waals surface area contributed by atoms with E-state index < -0.39 is 0 Å². The SMILES string of the molecule is Cc1c(C#N)cccc1-c1cc(-c2cn(Cc3ccc4ccccc4n3)nn2)nc(N)n1. The fourth-order valence-corrected chi connectivity index (χ4v) is 3.62. The van der Waals surface area contributed by atoms with E-state index in [1.54, 1.807) is 16.9 Å². The van der Waals surface area contributed by atoms with Crippen molar-refractivity contribution in [2.45, 2.75) is 13.5 Å². The Bertz CT molecular complexity index is 1500. The number of nitrogens with two attached hydrogens (primary N) is 1. The average molecular weight is 418 g/mol. The van der Waals surface area contributed by atoms with Gasteiger partial charge in [-0.05, 0) is 36.8 Å². The number of hydrogen-bond donors (Lipinski definition) is 1. The Morgan fingerprint density at radius 1 is 0.938 bits per heavy atom. The lowest BCUT2D eigenvalue weighted by molar-refractivity contribution is 0.640. The highest BCUT2D eigenvalue weighted by atomic mass is 15.4. The van der Waals surface area contributed by atoms with E-state index in [1.165, 1.54) is 0 Å². The zero-order valence-corrected chi connectivity index (χ0v) is 17.3. The minimum Gasteiger partial charge on any atom is -0.368 e. The maximum absolute atomic E-state index is 9.33. The lowest BCUT2D eigenvalue weighted by Crippen LogP contribution is -2.02. The second kappa shape index (κ2) is 7.89. The number of para-hydroxylation sites is 1. The van der Waals surface area contributed by atoms with Crippen LogP contribution in [0, 0.1) is 18.3 Å². The van der Waals surface area contributed by atoms with Crippen molar-refractivity contribution in [3.05, 3.63) is 83.7 Å². The van der Waals surface area contributed by atoms with Gasteiger partial charge in [-0.2, -0.15) is 5.26 Å². The first-order chi connectivity index (χ1) is 15.6. The second-order valence-electron chi connectivity index (χ2n) is 7.38. The van der Waals surface area contributed by atoms with Crippen LogP contribution in [0.1, 0.15) is 16.8 Å². The molecule has 0 spiro atoms. The Morgan fingerprint density at radius 3 is 2.66 bits per heavy atom. The summed E-state index contributed by atoms with van der Waals surface area (Å²) in [5.74, 6) is 0.130. The lowest BCUT2D eigenvalue weighted by atomic mass is 10.00. The molecule has 0 bridgehead atoms. The van der Waals surface area contributed by atoms with Gasteiger partial charge in [0.2, 0.25) is 5.95 Å².